The van der Waals surface area contributed by atoms with Crippen molar-refractivity contribution in [3.63, 3.8) is 0 Å². The lowest BCUT2D eigenvalue weighted by molar-refractivity contribution is 0.453. The van der Waals surface area contributed by atoms with Crippen molar-refractivity contribution in [1.82, 2.24) is 9.62 Å². The minimum atomic E-state index is -3.31. The predicted octanol–water partition coefficient (Wildman–Crippen LogP) is 2.26. The Hall–Kier alpha value is -0.910. The molecule has 1 aromatic carbocycles. The van der Waals surface area contributed by atoms with Gasteiger partial charge in [0.1, 0.15) is 0 Å². The third-order valence-electron chi connectivity index (χ3n) is 4.23. The van der Waals surface area contributed by atoms with Gasteiger partial charge in [-0.2, -0.15) is 4.31 Å². The van der Waals surface area contributed by atoms with Crippen molar-refractivity contribution >= 4 is 10.0 Å². The summed E-state index contributed by atoms with van der Waals surface area (Å²) in [5, 5.41) is 3.27. The van der Waals surface area contributed by atoms with Crippen LogP contribution < -0.4 is 5.32 Å². The summed E-state index contributed by atoms with van der Waals surface area (Å²) < 4.78 is 26.8. The highest BCUT2D eigenvalue weighted by molar-refractivity contribution is 7.89. The number of nitrogens with one attached hydrogen (secondary N) is 1. The largest absolute Gasteiger partial charge is 0.317 e. The Morgan fingerprint density at radius 1 is 1.24 bits per heavy atom. The number of nitrogens with zero attached hydrogens (tertiary/aromatic N) is 1. The molecule has 0 radical (unpaired) electrons. The van der Waals surface area contributed by atoms with Crippen molar-refractivity contribution in [2.75, 3.05) is 26.2 Å². The van der Waals surface area contributed by atoms with Gasteiger partial charge in [-0.25, -0.2) is 8.42 Å². The average molecular weight is 310 g/mol. The van der Waals surface area contributed by atoms with Crippen molar-refractivity contribution in [3.05, 3.63) is 29.8 Å². The molecule has 1 N–H and O–H groups in total. The lowest BCUT2D eigenvalue weighted by Gasteiger charge is -2.16. The fourth-order valence-corrected chi connectivity index (χ4v) is 4.27. The maximum absolute atomic E-state index is 12.6. The molecule has 1 fully saturated rings. The first kappa shape index (κ1) is 16.5. The van der Waals surface area contributed by atoms with Crippen LogP contribution in [0.2, 0.25) is 0 Å². The summed E-state index contributed by atoms with van der Waals surface area (Å²) >= 11 is 0. The number of hydrogen-bond acceptors (Lipinski definition) is 3. The molecule has 1 atom stereocenters. The third-order valence-corrected chi connectivity index (χ3v) is 6.11. The van der Waals surface area contributed by atoms with E-state index in [-0.39, 0.29) is 0 Å². The van der Waals surface area contributed by atoms with Gasteiger partial charge < -0.3 is 5.32 Å². The van der Waals surface area contributed by atoms with Crippen LogP contribution in [0.1, 0.15) is 32.3 Å². The molecule has 118 valence electrons. The summed E-state index contributed by atoms with van der Waals surface area (Å²) in [4.78, 5) is 0.423. The molecule has 4 nitrogen and oxygen atoms in total. The molecule has 0 aliphatic carbocycles. The molecule has 0 amide bonds. The number of sulfonamides is 1. The molecule has 0 saturated carbocycles. The topological polar surface area (TPSA) is 49.4 Å². The number of benzene rings is 1. The van der Waals surface area contributed by atoms with E-state index in [4.69, 9.17) is 0 Å². The van der Waals surface area contributed by atoms with Gasteiger partial charge in [-0.1, -0.05) is 32.4 Å². The second-order valence-electron chi connectivity index (χ2n) is 5.67. The molecule has 2 rings (SSSR count). The summed E-state index contributed by atoms with van der Waals surface area (Å²) in [7, 11) is -3.31. The maximum atomic E-state index is 12.6. The summed E-state index contributed by atoms with van der Waals surface area (Å²) in [6.07, 6.45) is 2.96. The van der Waals surface area contributed by atoms with Crippen LogP contribution in [0.25, 0.3) is 0 Å². The molecule has 1 heterocycles. The molecule has 21 heavy (non-hydrogen) atoms. The van der Waals surface area contributed by atoms with E-state index in [2.05, 4.69) is 19.2 Å². The van der Waals surface area contributed by atoms with Gasteiger partial charge in [0.2, 0.25) is 10.0 Å². The van der Waals surface area contributed by atoms with Crippen LogP contribution in [0.3, 0.4) is 0 Å². The molecular weight excluding hydrogens is 284 g/mol. The monoisotopic (exact) mass is 310 g/mol. The third kappa shape index (κ3) is 4.05. The standard InChI is InChI=1S/C16H26N2O2S/c1-3-14-10-12-18(13-14)21(19,20)16-7-5-15(6-8-16)9-11-17-4-2/h5-8,14,17H,3-4,9-13H2,1-2H3. The first-order chi connectivity index (χ1) is 10.1. The van der Waals surface area contributed by atoms with Gasteiger partial charge in [-0.15, -0.1) is 0 Å². The molecule has 0 aromatic heterocycles. The highest BCUT2D eigenvalue weighted by atomic mass is 32.2. The van der Waals surface area contributed by atoms with Crippen LogP contribution in [-0.2, 0) is 16.4 Å². The van der Waals surface area contributed by atoms with Crippen LogP contribution in [0, 0.1) is 5.92 Å². The number of likely N-dealkylation sites (N-methyl/N-ethyl adjacent to an activating group) is 1. The van der Waals surface area contributed by atoms with Crippen molar-refractivity contribution < 1.29 is 8.42 Å². The van der Waals surface area contributed by atoms with E-state index in [9.17, 15) is 8.42 Å². The second-order valence-corrected chi connectivity index (χ2v) is 7.61. The van der Waals surface area contributed by atoms with E-state index in [0.717, 1.165) is 32.4 Å². The number of rotatable bonds is 7. The Kier molecular flexibility index (Phi) is 5.79. The molecule has 1 saturated heterocycles. The Morgan fingerprint density at radius 3 is 2.52 bits per heavy atom. The molecular formula is C16H26N2O2S. The smallest absolute Gasteiger partial charge is 0.243 e. The molecule has 0 spiro atoms. The van der Waals surface area contributed by atoms with E-state index in [1.807, 2.05) is 12.1 Å². The molecule has 1 aliphatic heterocycles. The van der Waals surface area contributed by atoms with E-state index in [1.54, 1.807) is 16.4 Å². The lowest BCUT2D eigenvalue weighted by atomic mass is 10.1. The summed E-state index contributed by atoms with van der Waals surface area (Å²) in [6.45, 7) is 7.41. The fourth-order valence-electron chi connectivity index (χ4n) is 2.74. The van der Waals surface area contributed by atoms with Gasteiger partial charge in [-0.05, 0) is 49.5 Å². The summed E-state index contributed by atoms with van der Waals surface area (Å²) in [5.41, 5.74) is 1.17. The van der Waals surface area contributed by atoms with E-state index >= 15 is 0 Å². The highest BCUT2D eigenvalue weighted by Crippen LogP contribution is 2.26. The van der Waals surface area contributed by atoms with Crippen molar-refractivity contribution in [2.24, 2.45) is 5.92 Å². The van der Waals surface area contributed by atoms with Gasteiger partial charge in [0, 0.05) is 13.1 Å². The minimum absolute atomic E-state index is 0.423. The highest BCUT2D eigenvalue weighted by Gasteiger charge is 2.31. The molecule has 1 unspecified atom stereocenters. The minimum Gasteiger partial charge on any atom is -0.317 e. The maximum Gasteiger partial charge on any atom is 0.243 e. The lowest BCUT2D eigenvalue weighted by Crippen LogP contribution is -2.28. The molecule has 1 aromatic rings. The first-order valence-corrected chi connectivity index (χ1v) is 9.31. The normalized spacial score (nSPS) is 20.0. The van der Waals surface area contributed by atoms with Crippen LogP contribution in [0.5, 0.6) is 0 Å². The van der Waals surface area contributed by atoms with Crippen LogP contribution in [-0.4, -0.2) is 38.9 Å². The Labute approximate surface area is 128 Å². The fraction of sp³-hybridized carbons (Fsp3) is 0.625. The van der Waals surface area contributed by atoms with E-state index in [1.165, 1.54) is 5.56 Å². The van der Waals surface area contributed by atoms with Gasteiger partial charge in [0.15, 0.2) is 0 Å². The Bertz CT molecular complexity index is 540. The first-order valence-electron chi connectivity index (χ1n) is 7.87. The zero-order valence-corrected chi connectivity index (χ0v) is 13.8. The quantitative estimate of drug-likeness (QED) is 0.786. The van der Waals surface area contributed by atoms with Crippen molar-refractivity contribution in [3.8, 4) is 0 Å². The number of hydrogen-bond donors (Lipinski definition) is 1. The summed E-state index contributed by atoms with van der Waals surface area (Å²) in [6, 6.07) is 7.35. The van der Waals surface area contributed by atoms with E-state index < -0.39 is 10.0 Å². The van der Waals surface area contributed by atoms with Crippen LogP contribution in [0.15, 0.2) is 29.2 Å². The van der Waals surface area contributed by atoms with Gasteiger partial charge >= 0.3 is 0 Å². The van der Waals surface area contributed by atoms with Gasteiger partial charge in [-0.3, -0.25) is 0 Å². The van der Waals surface area contributed by atoms with Crippen LogP contribution in [0.4, 0.5) is 0 Å². The molecule has 0 bridgehead atoms. The Balaban J connectivity index is 2.03. The van der Waals surface area contributed by atoms with Gasteiger partial charge in [0.05, 0.1) is 4.90 Å². The average Bonchev–Trinajstić information content (AvgIpc) is 2.98. The Morgan fingerprint density at radius 2 is 1.95 bits per heavy atom. The van der Waals surface area contributed by atoms with Crippen molar-refractivity contribution in [2.45, 2.75) is 38.0 Å². The van der Waals surface area contributed by atoms with Crippen molar-refractivity contribution in [1.29, 1.82) is 0 Å². The molecule has 1 aliphatic rings. The molecule has 5 heteroatoms. The summed E-state index contributed by atoms with van der Waals surface area (Å²) in [5.74, 6) is 0.513. The predicted molar refractivity (Wildman–Crippen MR) is 85.8 cm³/mol. The SMILES string of the molecule is CCNCCc1ccc(S(=O)(=O)N2CCC(CC)C2)cc1. The zero-order chi connectivity index (χ0) is 15.3. The van der Waals surface area contributed by atoms with Gasteiger partial charge in [0.25, 0.3) is 0 Å². The second kappa shape index (κ2) is 7.38. The zero-order valence-electron chi connectivity index (χ0n) is 13.0. The van der Waals surface area contributed by atoms with E-state index in [0.29, 0.717) is 23.9 Å². The van der Waals surface area contributed by atoms with Crippen LogP contribution >= 0.6 is 0 Å².